The molecule has 0 saturated carbocycles. The van der Waals surface area contributed by atoms with Crippen LogP contribution in [0.15, 0.2) is 29.6 Å². The average molecular weight is 324 g/mol. The van der Waals surface area contributed by atoms with Crippen molar-refractivity contribution < 1.29 is 9.18 Å². The van der Waals surface area contributed by atoms with Crippen LogP contribution in [0.2, 0.25) is 0 Å². The maximum absolute atomic E-state index is 12.9. The van der Waals surface area contributed by atoms with Crippen LogP contribution in [-0.2, 0) is 17.0 Å². The zero-order valence-corrected chi connectivity index (χ0v) is 13.6. The van der Waals surface area contributed by atoms with Crippen LogP contribution in [0.4, 0.5) is 4.39 Å². The highest BCUT2D eigenvalue weighted by molar-refractivity contribution is 7.98. The Morgan fingerprint density at radius 2 is 2.14 bits per heavy atom. The average Bonchev–Trinajstić information content (AvgIpc) is 2.93. The van der Waals surface area contributed by atoms with Crippen molar-refractivity contribution in [2.45, 2.75) is 24.3 Å². The van der Waals surface area contributed by atoms with Gasteiger partial charge in [-0.1, -0.05) is 12.1 Å². The number of nitrogens with zero attached hydrogens (tertiary/aromatic N) is 1. The van der Waals surface area contributed by atoms with Gasteiger partial charge in [-0.2, -0.15) is 0 Å². The molecular weight excluding hydrogens is 307 g/mol. The van der Waals surface area contributed by atoms with Crippen LogP contribution in [0.25, 0.3) is 0 Å². The third kappa shape index (κ3) is 4.82. The quantitative estimate of drug-likeness (QED) is 0.883. The van der Waals surface area contributed by atoms with E-state index in [-0.39, 0.29) is 17.0 Å². The minimum atomic E-state index is -0.214. The van der Waals surface area contributed by atoms with E-state index in [0.717, 1.165) is 22.0 Å². The first kappa shape index (κ1) is 16.0. The number of carbonyl (C=O) groups excluding carboxylic acids is 1. The molecule has 1 aromatic heterocycles. The number of nitrogens with one attached hydrogen (secondary N) is 1. The van der Waals surface area contributed by atoms with Crippen LogP contribution < -0.4 is 5.32 Å². The summed E-state index contributed by atoms with van der Waals surface area (Å²) in [6.07, 6.45) is 0.333. The van der Waals surface area contributed by atoms with E-state index >= 15 is 0 Å². The van der Waals surface area contributed by atoms with E-state index in [0.29, 0.717) is 6.42 Å². The number of aromatic nitrogens is 1. The fourth-order valence-corrected chi connectivity index (χ4v) is 3.58. The Bertz CT molecular complexity index is 598. The molecular formula is C15H17FN2OS2. The molecule has 6 heteroatoms. The van der Waals surface area contributed by atoms with E-state index in [1.807, 2.05) is 17.5 Å². The van der Waals surface area contributed by atoms with E-state index in [1.165, 1.54) is 23.5 Å². The van der Waals surface area contributed by atoms with E-state index in [1.54, 1.807) is 18.8 Å². The van der Waals surface area contributed by atoms with Gasteiger partial charge in [0.1, 0.15) is 10.8 Å². The van der Waals surface area contributed by atoms with Gasteiger partial charge >= 0.3 is 0 Å². The Hall–Kier alpha value is -1.40. The number of carbonyl (C=O) groups is 1. The van der Waals surface area contributed by atoms with Crippen LogP contribution in [0.5, 0.6) is 0 Å². The Balaban J connectivity index is 1.88. The summed E-state index contributed by atoms with van der Waals surface area (Å²) < 4.78 is 12.9. The number of thiazole rings is 1. The molecule has 0 radical (unpaired) electrons. The van der Waals surface area contributed by atoms with Gasteiger partial charge in [-0.05, 0) is 24.6 Å². The number of amides is 1. The third-order valence-electron chi connectivity index (χ3n) is 3.01. The Labute approximate surface area is 132 Å². The third-order valence-corrected chi connectivity index (χ3v) is 5.14. The normalized spacial score (nSPS) is 12.1. The first-order valence-electron chi connectivity index (χ1n) is 6.59. The van der Waals surface area contributed by atoms with Crippen molar-refractivity contribution in [2.24, 2.45) is 0 Å². The molecule has 112 valence electrons. The maximum Gasteiger partial charge on any atom is 0.226 e. The molecule has 0 unspecified atom stereocenters. The number of hydrogen-bond donors (Lipinski definition) is 1. The second-order valence-corrected chi connectivity index (χ2v) is 6.86. The number of thioether (sulfide) groups is 1. The van der Waals surface area contributed by atoms with Crippen molar-refractivity contribution in [3.05, 3.63) is 51.7 Å². The Morgan fingerprint density at radius 3 is 2.81 bits per heavy atom. The van der Waals surface area contributed by atoms with Crippen LogP contribution in [-0.4, -0.2) is 17.9 Å². The van der Waals surface area contributed by atoms with Crippen LogP contribution in [0.1, 0.15) is 28.4 Å². The Kier molecular flexibility index (Phi) is 5.76. The zero-order chi connectivity index (χ0) is 15.2. The Morgan fingerprint density at radius 1 is 1.43 bits per heavy atom. The van der Waals surface area contributed by atoms with Gasteiger partial charge in [0, 0.05) is 23.4 Å². The summed E-state index contributed by atoms with van der Waals surface area (Å²) in [6, 6.07) is 6.59. The van der Waals surface area contributed by atoms with Gasteiger partial charge in [-0.25, -0.2) is 9.37 Å². The fourth-order valence-electron chi connectivity index (χ4n) is 1.76. The highest BCUT2D eigenvalue weighted by Gasteiger charge is 2.10. The van der Waals surface area contributed by atoms with Gasteiger partial charge in [0.05, 0.1) is 12.1 Å². The molecule has 1 N–H and O–H groups in total. The molecule has 2 aromatic rings. The molecule has 0 fully saturated rings. The number of hydrogen-bond acceptors (Lipinski definition) is 4. The van der Waals surface area contributed by atoms with Crippen molar-refractivity contribution in [2.75, 3.05) is 7.05 Å². The molecule has 1 aromatic carbocycles. The monoisotopic (exact) mass is 324 g/mol. The lowest BCUT2D eigenvalue weighted by atomic mass is 10.2. The highest BCUT2D eigenvalue weighted by Crippen LogP contribution is 2.31. The van der Waals surface area contributed by atoms with Crippen LogP contribution >= 0.6 is 23.1 Å². The molecule has 0 aliphatic carbocycles. The highest BCUT2D eigenvalue weighted by atomic mass is 32.2. The van der Waals surface area contributed by atoms with Crippen molar-refractivity contribution in [3.63, 3.8) is 0 Å². The van der Waals surface area contributed by atoms with Gasteiger partial charge in [-0.15, -0.1) is 23.1 Å². The van der Waals surface area contributed by atoms with Gasteiger partial charge in [0.25, 0.3) is 0 Å². The summed E-state index contributed by atoms with van der Waals surface area (Å²) in [6.45, 7) is 2.09. The lowest BCUT2D eigenvalue weighted by Gasteiger charge is -2.10. The molecule has 3 nitrogen and oxygen atoms in total. The lowest BCUT2D eigenvalue weighted by Crippen LogP contribution is -2.19. The predicted octanol–water partition coefficient (Wildman–Crippen LogP) is 3.57. The van der Waals surface area contributed by atoms with E-state index in [9.17, 15) is 9.18 Å². The minimum Gasteiger partial charge on any atom is -0.359 e. The van der Waals surface area contributed by atoms with E-state index in [2.05, 4.69) is 17.2 Å². The SMILES string of the molecule is CNC(=O)Cc1nc(CS[C@@H](C)c2ccc(F)cc2)cs1. The standard InChI is InChI=1S/C15H17FN2OS2/c1-10(11-3-5-12(16)6-4-11)20-8-13-9-21-15(18-13)7-14(19)17-2/h3-6,9-10H,7-8H2,1-2H3,(H,17,19)/t10-/m0/s1. The summed E-state index contributed by atoms with van der Waals surface area (Å²) in [5, 5.41) is 5.69. The molecule has 1 heterocycles. The fraction of sp³-hybridized carbons (Fsp3) is 0.333. The number of halogens is 1. The molecule has 2 rings (SSSR count). The van der Waals surface area contributed by atoms with Crippen LogP contribution in [0.3, 0.4) is 0 Å². The second-order valence-electron chi connectivity index (χ2n) is 4.59. The molecule has 0 saturated heterocycles. The van der Waals surface area contributed by atoms with Crippen molar-refractivity contribution in [3.8, 4) is 0 Å². The minimum absolute atomic E-state index is 0.0248. The van der Waals surface area contributed by atoms with Gasteiger partial charge in [0.15, 0.2) is 0 Å². The molecule has 21 heavy (non-hydrogen) atoms. The van der Waals surface area contributed by atoms with E-state index < -0.39 is 0 Å². The van der Waals surface area contributed by atoms with Crippen molar-refractivity contribution in [1.82, 2.24) is 10.3 Å². The van der Waals surface area contributed by atoms with Crippen molar-refractivity contribution in [1.29, 1.82) is 0 Å². The molecule has 0 bridgehead atoms. The number of rotatable bonds is 6. The second kappa shape index (κ2) is 7.56. The lowest BCUT2D eigenvalue weighted by molar-refractivity contribution is -0.119. The first-order chi connectivity index (χ1) is 10.1. The van der Waals surface area contributed by atoms with Crippen molar-refractivity contribution >= 4 is 29.0 Å². The summed E-state index contributed by atoms with van der Waals surface area (Å²) in [5.41, 5.74) is 2.08. The van der Waals surface area contributed by atoms with Gasteiger partial charge in [0.2, 0.25) is 5.91 Å². The largest absolute Gasteiger partial charge is 0.359 e. The van der Waals surface area contributed by atoms with E-state index in [4.69, 9.17) is 0 Å². The molecule has 1 atom stereocenters. The molecule has 0 spiro atoms. The molecule has 0 aliphatic heterocycles. The number of benzene rings is 1. The zero-order valence-electron chi connectivity index (χ0n) is 11.9. The summed E-state index contributed by atoms with van der Waals surface area (Å²) in [5.74, 6) is 0.542. The smallest absolute Gasteiger partial charge is 0.226 e. The number of likely N-dealkylation sites (N-methyl/N-ethyl adjacent to an activating group) is 1. The van der Waals surface area contributed by atoms with Gasteiger partial charge in [-0.3, -0.25) is 4.79 Å². The maximum atomic E-state index is 12.9. The first-order valence-corrected chi connectivity index (χ1v) is 8.52. The predicted molar refractivity (Wildman–Crippen MR) is 86.0 cm³/mol. The summed E-state index contributed by atoms with van der Waals surface area (Å²) in [7, 11) is 1.62. The molecule has 1 amide bonds. The molecule has 0 aliphatic rings. The van der Waals surface area contributed by atoms with Crippen LogP contribution in [0, 0.1) is 5.82 Å². The van der Waals surface area contributed by atoms with Gasteiger partial charge < -0.3 is 5.32 Å². The summed E-state index contributed by atoms with van der Waals surface area (Å²) >= 11 is 3.26. The topological polar surface area (TPSA) is 42.0 Å². The summed E-state index contributed by atoms with van der Waals surface area (Å²) in [4.78, 5) is 15.7.